The van der Waals surface area contributed by atoms with E-state index in [1.165, 1.54) is 0 Å². The van der Waals surface area contributed by atoms with Crippen LogP contribution < -0.4 is 26.8 Å². The van der Waals surface area contributed by atoms with Crippen molar-refractivity contribution < 1.29 is 88.4 Å². The molecular weight excluding hydrogens is 736 g/mol. The quantitative estimate of drug-likeness (QED) is 0.0776. The third-order valence-electron chi connectivity index (χ3n) is 7.10. The number of aromatic nitrogens is 2. The summed E-state index contributed by atoms with van der Waals surface area (Å²) in [6.07, 6.45) is -3.33. The first kappa shape index (κ1) is 37.5. The predicted molar refractivity (Wildman–Crippen MR) is 130 cm³/mol. The number of benzene rings is 3. The number of nitrogens with one attached hydrogen (secondary N) is 1. The van der Waals surface area contributed by atoms with Gasteiger partial charge in [-0.2, -0.15) is 13.8 Å². The number of halogens is 19. The van der Waals surface area contributed by atoms with E-state index in [2.05, 4.69) is 4.98 Å². The van der Waals surface area contributed by atoms with Gasteiger partial charge >= 0.3 is 0 Å². The van der Waals surface area contributed by atoms with Crippen molar-refractivity contribution in [3.05, 3.63) is 141 Å². The fourth-order valence-electron chi connectivity index (χ4n) is 5.10. The SMILES string of the molecule is Fc1nc(F)c(F)c([B-](c2c(F)c(F)c(F)c(F)c2F)(c2c(F)c(F)c(F)c(F)c2F)c2c(F)c(F)c(F)c(F)c2F)c1F.c1cc[nH+]cc1. The van der Waals surface area contributed by atoms with Crippen molar-refractivity contribution >= 4 is 28.0 Å². The van der Waals surface area contributed by atoms with Crippen molar-refractivity contribution in [2.75, 3.05) is 0 Å². The Morgan fingerprint density at radius 1 is 0.300 bits per heavy atom. The number of pyridine rings is 2. The highest BCUT2D eigenvalue weighted by Crippen LogP contribution is 2.29. The summed E-state index contributed by atoms with van der Waals surface area (Å²) in [6.45, 7) is 0. The summed E-state index contributed by atoms with van der Waals surface area (Å²) in [7, 11) is 0. The number of H-pyrrole nitrogens is 1. The van der Waals surface area contributed by atoms with Crippen LogP contribution in [-0.4, -0.2) is 11.1 Å². The van der Waals surface area contributed by atoms with E-state index in [4.69, 9.17) is 0 Å². The lowest BCUT2D eigenvalue weighted by atomic mass is 9.12. The van der Waals surface area contributed by atoms with Gasteiger partial charge in [0.15, 0.2) is 64.7 Å². The smallest absolute Gasteiger partial charge is 0.218 e. The molecule has 2 nitrogen and oxygen atoms in total. The number of hydrogen-bond donors (Lipinski definition) is 0. The lowest BCUT2D eigenvalue weighted by Gasteiger charge is -2.44. The number of nitrogens with zero attached hydrogens (tertiary/aromatic N) is 1. The van der Waals surface area contributed by atoms with Crippen molar-refractivity contribution in [2.24, 2.45) is 0 Å². The monoisotopic (exact) mass is 742 g/mol. The summed E-state index contributed by atoms with van der Waals surface area (Å²) < 4.78 is 279. The summed E-state index contributed by atoms with van der Waals surface area (Å²) in [5.74, 6) is -65.9. The van der Waals surface area contributed by atoms with Gasteiger partial charge in [0.1, 0.15) is 52.7 Å². The van der Waals surface area contributed by atoms with E-state index in [0.29, 0.717) is 0 Å². The van der Waals surface area contributed by atoms with Crippen LogP contribution in [0.5, 0.6) is 0 Å². The zero-order valence-corrected chi connectivity index (χ0v) is 23.1. The van der Waals surface area contributed by atoms with Crippen molar-refractivity contribution in [2.45, 2.75) is 0 Å². The standard InChI is InChI=1S/C23BF19N.C5H5N/c25-5-1(6(26)14(34)19(39)13(5)33)24(4-11(31)22(42)44-23(43)12(4)32,2-7(27)15(35)20(40)16(36)8(2)28)3-9(29)17(37)21(41)18(38)10(3)30;1-2-4-6-5-3-1/h;1-5H/q-1;/p+1. The largest absolute Gasteiger partial charge is 0.248 e. The van der Waals surface area contributed by atoms with E-state index in [1.54, 1.807) is 0 Å². The molecule has 50 heavy (non-hydrogen) atoms. The molecule has 0 atom stereocenters. The molecule has 0 unspecified atom stereocenters. The van der Waals surface area contributed by atoms with Crippen LogP contribution in [0, 0.1) is 111 Å². The van der Waals surface area contributed by atoms with Gasteiger partial charge < -0.3 is 0 Å². The number of hydrogen-bond acceptors (Lipinski definition) is 1. The number of aromatic amines is 1. The van der Waals surface area contributed by atoms with Crippen molar-refractivity contribution in [3.8, 4) is 0 Å². The van der Waals surface area contributed by atoms with E-state index < -0.39 is 139 Å². The summed E-state index contributed by atoms with van der Waals surface area (Å²) in [4.78, 5) is 4.74. The predicted octanol–water partition coefficient (Wildman–Crippen LogP) is 5.60. The molecule has 0 bridgehead atoms. The molecule has 0 saturated heterocycles. The summed E-state index contributed by atoms with van der Waals surface area (Å²) in [5.41, 5.74) is -13.9. The Kier molecular flexibility index (Phi) is 10.2. The van der Waals surface area contributed by atoms with Crippen LogP contribution in [0.4, 0.5) is 83.4 Å². The molecule has 0 amide bonds. The third-order valence-corrected chi connectivity index (χ3v) is 7.10. The molecule has 0 saturated carbocycles. The minimum atomic E-state index is -7.08. The van der Waals surface area contributed by atoms with Crippen LogP contribution in [0.25, 0.3) is 0 Å². The second-order valence-corrected chi connectivity index (χ2v) is 9.63. The summed E-state index contributed by atoms with van der Waals surface area (Å²) >= 11 is 0. The Morgan fingerprint density at radius 2 is 0.520 bits per heavy atom. The zero-order chi connectivity index (χ0) is 37.7. The highest BCUT2D eigenvalue weighted by atomic mass is 19.2. The molecule has 0 aliphatic rings. The maximum Gasteiger partial charge on any atom is 0.248 e. The van der Waals surface area contributed by atoms with E-state index in [-0.39, 0.29) is 0 Å². The van der Waals surface area contributed by atoms with Gasteiger partial charge in [0.05, 0.1) is 0 Å². The first-order valence-electron chi connectivity index (χ1n) is 12.6. The van der Waals surface area contributed by atoms with Crippen LogP contribution in [0.2, 0.25) is 0 Å². The highest BCUT2D eigenvalue weighted by Gasteiger charge is 2.52. The van der Waals surface area contributed by atoms with E-state index in [1.807, 2.05) is 35.6 Å². The first-order chi connectivity index (χ1) is 23.3. The molecule has 2 aromatic heterocycles. The van der Waals surface area contributed by atoms with Gasteiger partial charge in [0.25, 0.3) is 0 Å². The highest BCUT2D eigenvalue weighted by molar-refractivity contribution is 7.20. The molecule has 0 radical (unpaired) electrons. The molecular formula is C28H6BF19N2. The molecule has 264 valence electrons. The fourth-order valence-corrected chi connectivity index (χ4v) is 5.10. The van der Waals surface area contributed by atoms with Crippen LogP contribution in [0.15, 0.2) is 30.6 Å². The Balaban J connectivity index is 0.000000845. The lowest BCUT2D eigenvalue weighted by molar-refractivity contribution is -0.377. The summed E-state index contributed by atoms with van der Waals surface area (Å²) in [6, 6.07) is 5.86. The molecule has 0 spiro atoms. The minimum Gasteiger partial charge on any atom is -0.218 e. The van der Waals surface area contributed by atoms with Gasteiger partial charge in [-0.15, -0.1) is 21.9 Å². The Bertz CT molecular complexity index is 1870. The van der Waals surface area contributed by atoms with Crippen molar-refractivity contribution in [1.29, 1.82) is 0 Å². The fraction of sp³-hybridized carbons (Fsp3) is 0. The second kappa shape index (κ2) is 13.5. The molecule has 0 fully saturated rings. The molecule has 1 N–H and O–H groups in total. The maximum absolute atomic E-state index is 15.3. The molecule has 22 heteroatoms. The maximum atomic E-state index is 15.3. The zero-order valence-electron chi connectivity index (χ0n) is 23.1. The second-order valence-electron chi connectivity index (χ2n) is 9.63. The Hall–Kier alpha value is -5.31. The first-order valence-corrected chi connectivity index (χ1v) is 12.6. The average molecular weight is 742 g/mol. The van der Waals surface area contributed by atoms with E-state index in [0.717, 1.165) is 0 Å². The third kappa shape index (κ3) is 5.45. The molecule has 2 heterocycles. The van der Waals surface area contributed by atoms with Crippen LogP contribution in [0.1, 0.15) is 0 Å². The van der Waals surface area contributed by atoms with E-state index >= 15 is 35.1 Å². The van der Waals surface area contributed by atoms with Crippen LogP contribution >= 0.6 is 0 Å². The topological polar surface area (TPSA) is 27.0 Å². The molecule has 0 aliphatic heterocycles. The van der Waals surface area contributed by atoms with Gasteiger partial charge in [-0.25, -0.2) is 79.6 Å². The Morgan fingerprint density at radius 3 is 0.720 bits per heavy atom. The molecule has 0 aliphatic carbocycles. The van der Waals surface area contributed by atoms with Crippen LogP contribution in [0.3, 0.4) is 0 Å². The van der Waals surface area contributed by atoms with Crippen LogP contribution in [-0.2, 0) is 0 Å². The van der Waals surface area contributed by atoms with Gasteiger partial charge in [0.2, 0.25) is 11.9 Å². The average Bonchev–Trinajstić information content (AvgIpc) is 3.10. The molecule has 5 rings (SSSR count). The van der Waals surface area contributed by atoms with E-state index in [9.17, 15) is 48.3 Å². The summed E-state index contributed by atoms with van der Waals surface area (Å²) in [5, 5.41) is 0. The van der Waals surface area contributed by atoms with Gasteiger partial charge in [-0.05, 0) is 0 Å². The Labute approximate surface area is 263 Å². The van der Waals surface area contributed by atoms with Gasteiger partial charge in [-0.3, -0.25) is 0 Å². The van der Waals surface area contributed by atoms with Gasteiger partial charge in [0, 0.05) is 12.1 Å². The number of rotatable bonds is 4. The lowest BCUT2D eigenvalue weighted by Crippen LogP contribution is -2.81. The van der Waals surface area contributed by atoms with Crippen molar-refractivity contribution in [3.63, 3.8) is 0 Å². The molecule has 3 aromatic carbocycles. The van der Waals surface area contributed by atoms with Crippen molar-refractivity contribution in [1.82, 2.24) is 4.98 Å². The molecule has 5 aromatic rings. The van der Waals surface area contributed by atoms with Gasteiger partial charge in [-0.1, -0.05) is 6.07 Å². The normalized spacial score (nSPS) is 11.5. The minimum absolute atomic E-state index is 1.85.